The standard InChI is InChI=1S/C20H22N4O3S/c1-13(22-20-15-6-2-3-10-18(15)28(26,27)23-20)12-19(25)24-11-5-7-14-16(21)8-4-9-17(14)24/h2-4,6,8-10,13H,5,7,11-12,21H2,1H3,(H,22,23). The predicted molar refractivity (Wildman–Crippen MR) is 109 cm³/mol. The van der Waals surface area contributed by atoms with E-state index in [1.165, 1.54) is 0 Å². The molecule has 146 valence electrons. The first-order chi connectivity index (χ1) is 13.4. The second kappa shape index (κ2) is 6.94. The molecule has 2 aliphatic heterocycles. The van der Waals surface area contributed by atoms with Crippen molar-refractivity contribution in [2.45, 2.75) is 37.1 Å². The van der Waals surface area contributed by atoms with E-state index >= 15 is 0 Å². The van der Waals surface area contributed by atoms with Gasteiger partial charge in [-0.05, 0) is 49.6 Å². The normalized spacial score (nSPS) is 19.6. The highest BCUT2D eigenvalue weighted by atomic mass is 32.2. The van der Waals surface area contributed by atoms with E-state index in [4.69, 9.17) is 5.73 Å². The van der Waals surface area contributed by atoms with E-state index in [-0.39, 0.29) is 23.3 Å². The molecule has 2 heterocycles. The Labute approximate surface area is 164 Å². The Kier molecular flexibility index (Phi) is 4.58. The highest BCUT2D eigenvalue weighted by Crippen LogP contribution is 2.32. The first-order valence-corrected chi connectivity index (χ1v) is 10.7. The molecular weight excluding hydrogens is 376 g/mol. The van der Waals surface area contributed by atoms with Gasteiger partial charge in [0.25, 0.3) is 10.0 Å². The number of amidine groups is 1. The van der Waals surface area contributed by atoms with Gasteiger partial charge in [0.15, 0.2) is 0 Å². The molecule has 0 aliphatic carbocycles. The van der Waals surface area contributed by atoms with Crippen LogP contribution in [0.1, 0.15) is 30.9 Å². The molecule has 2 aromatic rings. The minimum Gasteiger partial charge on any atom is -0.398 e. The van der Waals surface area contributed by atoms with Gasteiger partial charge in [-0.25, -0.2) is 8.42 Å². The van der Waals surface area contributed by atoms with Gasteiger partial charge in [-0.15, -0.1) is 0 Å². The Hall–Kier alpha value is -2.87. The molecule has 0 spiro atoms. The lowest BCUT2D eigenvalue weighted by Gasteiger charge is -2.30. The summed E-state index contributed by atoms with van der Waals surface area (Å²) in [5.74, 6) is 0.247. The molecule has 0 saturated carbocycles. The summed E-state index contributed by atoms with van der Waals surface area (Å²) < 4.78 is 26.9. The summed E-state index contributed by atoms with van der Waals surface area (Å²) >= 11 is 0. The predicted octanol–water partition coefficient (Wildman–Crippen LogP) is 2.07. The Morgan fingerprint density at radius 3 is 2.86 bits per heavy atom. The molecule has 0 aromatic heterocycles. The Bertz CT molecular complexity index is 1080. The van der Waals surface area contributed by atoms with Crippen LogP contribution in [0.3, 0.4) is 0 Å². The summed E-state index contributed by atoms with van der Waals surface area (Å²) in [7, 11) is -3.58. The fourth-order valence-electron chi connectivity index (χ4n) is 3.77. The number of anilines is 2. The molecule has 0 saturated heterocycles. The fraction of sp³-hybridized carbons (Fsp3) is 0.300. The zero-order valence-electron chi connectivity index (χ0n) is 15.6. The van der Waals surface area contributed by atoms with Crippen molar-refractivity contribution >= 4 is 33.1 Å². The first kappa shape index (κ1) is 18.5. The van der Waals surface area contributed by atoms with E-state index in [1.54, 1.807) is 29.2 Å². The lowest BCUT2D eigenvalue weighted by atomic mass is 9.99. The smallest absolute Gasteiger partial charge is 0.263 e. The van der Waals surface area contributed by atoms with Crippen molar-refractivity contribution < 1.29 is 13.2 Å². The molecule has 8 heteroatoms. The van der Waals surface area contributed by atoms with E-state index in [2.05, 4.69) is 9.71 Å². The molecule has 1 atom stereocenters. The topological polar surface area (TPSA) is 105 Å². The number of rotatable bonds is 3. The zero-order valence-corrected chi connectivity index (χ0v) is 16.4. The monoisotopic (exact) mass is 398 g/mol. The van der Waals surface area contributed by atoms with Gasteiger partial charge < -0.3 is 10.6 Å². The number of amides is 1. The van der Waals surface area contributed by atoms with Gasteiger partial charge in [0.1, 0.15) is 5.84 Å². The number of hydrogen-bond acceptors (Lipinski definition) is 5. The number of fused-ring (bicyclic) bond motifs is 2. The van der Waals surface area contributed by atoms with Crippen LogP contribution in [0.2, 0.25) is 0 Å². The number of nitrogens with two attached hydrogens (primary N) is 1. The van der Waals surface area contributed by atoms with Crippen LogP contribution in [0, 0.1) is 0 Å². The zero-order chi connectivity index (χ0) is 19.9. The first-order valence-electron chi connectivity index (χ1n) is 9.24. The van der Waals surface area contributed by atoms with Gasteiger partial charge in [-0.1, -0.05) is 18.2 Å². The van der Waals surface area contributed by atoms with Gasteiger partial charge >= 0.3 is 0 Å². The summed E-state index contributed by atoms with van der Waals surface area (Å²) in [6.07, 6.45) is 1.91. The number of hydrogen-bond donors (Lipinski definition) is 2. The third kappa shape index (κ3) is 3.24. The van der Waals surface area contributed by atoms with Crippen molar-refractivity contribution in [1.82, 2.24) is 4.72 Å². The number of nitrogen functional groups attached to an aromatic ring is 1. The number of sulfonamides is 1. The molecular formula is C20H22N4O3S. The summed E-state index contributed by atoms with van der Waals surface area (Å²) in [6.45, 7) is 2.46. The second-order valence-corrected chi connectivity index (χ2v) is 8.78. The van der Waals surface area contributed by atoms with Crippen LogP contribution in [0.25, 0.3) is 0 Å². The average molecular weight is 398 g/mol. The van der Waals surface area contributed by atoms with Crippen molar-refractivity contribution in [2.24, 2.45) is 4.99 Å². The van der Waals surface area contributed by atoms with Crippen LogP contribution < -0.4 is 15.4 Å². The molecule has 0 bridgehead atoms. The quantitative estimate of drug-likeness (QED) is 0.772. The number of nitrogens with zero attached hydrogens (tertiary/aromatic N) is 2. The molecule has 4 rings (SSSR count). The lowest BCUT2D eigenvalue weighted by molar-refractivity contribution is -0.118. The maximum absolute atomic E-state index is 12.9. The van der Waals surface area contributed by atoms with Crippen molar-refractivity contribution in [3.05, 3.63) is 53.6 Å². The van der Waals surface area contributed by atoms with Crippen LogP contribution >= 0.6 is 0 Å². The SMILES string of the molecule is CC(CC(=O)N1CCCc2c(N)cccc21)N=C1NS(=O)(=O)c2ccccc21. The maximum Gasteiger partial charge on any atom is 0.263 e. The largest absolute Gasteiger partial charge is 0.398 e. The highest BCUT2D eigenvalue weighted by Gasteiger charge is 2.31. The Morgan fingerprint density at radius 1 is 1.25 bits per heavy atom. The van der Waals surface area contributed by atoms with E-state index in [1.807, 2.05) is 25.1 Å². The minimum atomic E-state index is -3.58. The molecule has 1 unspecified atom stereocenters. The maximum atomic E-state index is 12.9. The summed E-state index contributed by atoms with van der Waals surface area (Å²) in [5.41, 5.74) is 9.18. The van der Waals surface area contributed by atoms with Crippen LogP contribution in [-0.4, -0.2) is 32.7 Å². The molecule has 2 aromatic carbocycles. The van der Waals surface area contributed by atoms with Crippen LogP contribution in [-0.2, 0) is 21.2 Å². The third-order valence-corrected chi connectivity index (χ3v) is 6.47. The van der Waals surface area contributed by atoms with Gasteiger partial charge in [-0.2, -0.15) is 0 Å². The van der Waals surface area contributed by atoms with E-state index in [0.717, 1.165) is 24.1 Å². The molecule has 0 radical (unpaired) electrons. The Balaban J connectivity index is 1.55. The molecule has 3 N–H and O–H groups in total. The van der Waals surface area contributed by atoms with Crippen molar-refractivity contribution in [3.8, 4) is 0 Å². The van der Waals surface area contributed by atoms with Crippen molar-refractivity contribution in [3.63, 3.8) is 0 Å². The van der Waals surface area contributed by atoms with Gasteiger partial charge in [0.05, 0.1) is 10.9 Å². The van der Waals surface area contributed by atoms with Crippen LogP contribution in [0.5, 0.6) is 0 Å². The van der Waals surface area contributed by atoms with Gasteiger partial charge in [-0.3, -0.25) is 14.5 Å². The van der Waals surface area contributed by atoms with E-state index in [0.29, 0.717) is 23.6 Å². The average Bonchev–Trinajstić information content (AvgIpc) is 2.92. The fourth-order valence-corrected chi connectivity index (χ4v) is 5.01. The number of aliphatic imine (C=N–C) groups is 1. The van der Waals surface area contributed by atoms with Crippen molar-refractivity contribution in [1.29, 1.82) is 0 Å². The minimum absolute atomic E-state index is 0.0439. The molecule has 1 amide bonds. The number of nitrogens with one attached hydrogen (secondary N) is 1. The number of carbonyl (C=O) groups excluding carboxylic acids is 1. The summed E-state index contributed by atoms with van der Waals surface area (Å²) in [5, 5.41) is 0. The Morgan fingerprint density at radius 2 is 2.04 bits per heavy atom. The number of carbonyl (C=O) groups is 1. The van der Waals surface area contributed by atoms with Crippen LogP contribution in [0.15, 0.2) is 52.4 Å². The van der Waals surface area contributed by atoms with E-state index in [9.17, 15) is 13.2 Å². The lowest BCUT2D eigenvalue weighted by Crippen LogP contribution is -2.37. The summed E-state index contributed by atoms with van der Waals surface area (Å²) in [4.78, 5) is 19.4. The molecule has 0 fully saturated rings. The van der Waals surface area contributed by atoms with Gasteiger partial charge in [0, 0.05) is 29.9 Å². The molecule has 7 nitrogen and oxygen atoms in total. The molecule has 28 heavy (non-hydrogen) atoms. The van der Waals surface area contributed by atoms with Crippen LogP contribution in [0.4, 0.5) is 11.4 Å². The van der Waals surface area contributed by atoms with Gasteiger partial charge in [0.2, 0.25) is 5.91 Å². The van der Waals surface area contributed by atoms with Crippen molar-refractivity contribution in [2.75, 3.05) is 17.2 Å². The second-order valence-electron chi connectivity index (χ2n) is 7.13. The third-order valence-electron chi connectivity index (χ3n) is 5.07. The summed E-state index contributed by atoms with van der Waals surface area (Å²) in [6, 6.07) is 12.0. The van der Waals surface area contributed by atoms with E-state index < -0.39 is 10.0 Å². The highest BCUT2D eigenvalue weighted by molar-refractivity contribution is 7.90. The number of benzene rings is 2. The molecule has 2 aliphatic rings.